The molecule has 0 heterocycles. The van der Waals surface area contributed by atoms with Crippen LogP contribution in [0, 0.1) is 6.92 Å². The summed E-state index contributed by atoms with van der Waals surface area (Å²) < 4.78 is 90.2. The zero-order valence-electron chi connectivity index (χ0n) is 13.7. The second-order valence-electron chi connectivity index (χ2n) is 6.04. The molecule has 140 valence electrons. The number of aryl methyl sites for hydroxylation is 1. The second-order valence-corrected chi connectivity index (χ2v) is 6.04. The number of halogens is 6. The van der Waals surface area contributed by atoms with Crippen molar-refractivity contribution in [2.24, 2.45) is 0 Å². The Hall–Kier alpha value is -2.22. The van der Waals surface area contributed by atoms with E-state index < -0.39 is 29.3 Å². The van der Waals surface area contributed by atoms with Crippen LogP contribution in [0.5, 0.6) is 5.75 Å². The van der Waals surface area contributed by atoms with Gasteiger partial charge < -0.3 is 9.47 Å². The standard InChI is InChI=1S/C18H14F6O2/c1-11-3-5-12(6-4-11)13-7-9-14(10-8-13)26-18(24)16(21,22)15(19,20)17(18,23)25-2/h3-10H,1-2H3. The first-order valence-corrected chi connectivity index (χ1v) is 7.55. The van der Waals surface area contributed by atoms with E-state index in [1.54, 1.807) is 12.1 Å². The summed E-state index contributed by atoms with van der Waals surface area (Å²) in [6.45, 7) is 1.90. The summed E-state index contributed by atoms with van der Waals surface area (Å²) in [4.78, 5) is 0. The van der Waals surface area contributed by atoms with Crippen LogP contribution in [-0.2, 0) is 4.74 Å². The summed E-state index contributed by atoms with van der Waals surface area (Å²) in [5.41, 5.74) is 2.46. The van der Waals surface area contributed by atoms with Crippen molar-refractivity contribution < 1.29 is 35.8 Å². The number of hydrogen-bond donors (Lipinski definition) is 0. The molecule has 2 aromatic rings. The number of benzene rings is 2. The fourth-order valence-electron chi connectivity index (χ4n) is 2.76. The second kappa shape index (κ2) is 5.64. The van der Waals surface area contributed by atoms with Crippen LogP contribution in [0.2, 0.25) is 0 Å². The zero-order chi connectivity index (χ0) is 19.4. The molecule has 0 N–H and O–H groups in total. The van der Waals surface area contributed by atoms with Crippen molar-refractivity contribution in [3.8, 4) is 16.9 Å². The minimum atomic E-state index is -5.40. The van der Waals surface area contributed by atoms with Gasteiger partial charge in [-0.2, -0.15) is 26.3 Å². The van der Waals surface area contributed by atoms with E-state index >= 15 is 0 Å². The van der Waals surface area contributed by atoms with Crippen molar-refractivity contribution in [3.63, 3.8) is 0 Å². The summed E-state index contributed by atoms with van der Waals surface area (Å²) in [6, 6.07) is 12.3. The van der Waals surface area contributed by atoms with Crippen molar-refractivity contribution in [1.82, 2.24) is 0 Å². The number of hydrogen-bond acceptors (Lipinski definition) is 2. The normalized spacial score (nSPS) is 29.1. The van der Waals surface area contributed by atoms with E-state index in [4.69, 9.17) is 0 Å². The van der Waals surface area contributed by atoms with Gasteiger partial charge in [0.05, 0.1) is 0 Å². The molecule has 0 spiro atoms. The molecule has 0 aliphatic heterocycles. The van der Waals surface area contributed by atoms with E-state index in [0.717, 1.165) is 23.3 Å². The Kier molecular flexibility index (Phi) is 4.03. The van der Waals surface area contributed by atoms with Crippen LogP contribution >= 0.6 is 0 Å². The van der Waals surface area contributed by atoms with Crippen LogP contribution in [0.4, 0.5) is 26.3 Å². The molecule has 3 rings (SSSR count). The third kappa shape index (κ3) is 2.17. The maximum atomic E-state index is 14.4. The Morgan fingerprint density at radius 2 is 1.08 bits per heavy atom. The molecule has 26 heavy (non-hydrogen) atoms. The summed E-state index contributed by atoms with van der Waals surface area (Å²) in [5.74, 6) is -20.6. The first kappa shape index (κ1) is 18.6. The van der Waals surface area contributed by atoms with Crippen LogP contribution in [0.25, 0.3) is 11.1 Å². The lowest BCUT2D eigenvalue weighted by molar-refractivity contribution is -0.538. The highest BCUT2D eigenvalue weighted by Gasteiger charge is 3.02. The summed E-state index contributed by atoms with van der Waals surface area (Å²) in [7, 11) is 0.362. The highest BCUT2D eigenvalue weighted by Crippen LogP contribution is 2.68. The molecular weight excluding hydrogens is 362 g/mol. The largest absolute Gasteiger partial charge is 0.448 e. The highest BCUT2D eigenvalue weighted by atomic mass is 19.3. The molecule has 0 aromatic heterocycles. The summed E-state index contributed by atoms with van der Waals surface area (Å²) in [6.07, 6.45) is 0. The third-order valence-electron chi connectivity index (χ3n) is 4.39. The molecule has 1 aliphatic carbocycles. The molecule has 0 amide bonds. The fourth-order valence-corrected chi connectivity index (χ4v) is 2.76. The van der Waals surface area contributed by atoms with E-state index in [0.29, 0.717) is 12.7 Å². The topological polar surface area (TPSA) is 18.5 Å². The van der Waals surface area contributed by atoms with Gasteiger partial charge in [0.25, 0.3) is 0 Å². The van der Waals surface area contributed by atoms with Crippen molar-refractivity contribution in [3.05, 3.63) is 54.1 Å². The molecule has 0 saturated heterocycles. The van der Waals surface area contributed by atoms with Gasteiger partial charge in [-0.3, -0.25) is 0 Å². The van der Waals surface area contributed by atoms with Gasteiger partial charge in [-0.25, -0.2) is 0 Å². The summed E-state index contributed by atoms with van der Waals surface area (Å²) >= 11 is 0. The minimum Gasteiger partial charge on any atom is -0.448 e. The van der Waals surface area contributed by atoms with Crippen LogP contribution in [-0.4, -0.2) is 30.7 Å². The Bertz CT molecular complexity index is 805. The van der Waals surface area contributed by atoms with E-state index in [9.17, 15) is 26.3 Å². The molecular formula is C18H14F6O2. The number of methoxy groups -OCH3 is 1. The lowest BCUT2D eigenvalue weighted by atomic mass is 9.76. The summed E-state index contributed by atoms with van der Waals surface area (Å²) in [5, 5.41) is 0. The Morgan fingerprint density at radius 1 is 0.654 bits per heavy atom. The highest BCUT2D eigenvalue weighted by molar-refractivity contribution is 5.64. The number of rotatable bonds is 4. The molecule has 1 saturated carbocycles. The molecule has 1 fully saturated rings. The van der Waals surface area contributed by atoms with E-state index in [1.807, 2.05) is 19.1 Å². The van der Waals surface area contributed by atoms with Gasteiger partial charge in [-0.15, -0.1) is 0 Å². The van der Waals surface area contributed by atoms with Crippen molar-refractivity contribution in [2.75, 3.05) is 7.11 Å². The maximum Gasteiger partial charge on any atom is 0.390 e. The van der Waals surface area contributed by atoms with Crippen LogP contribution in [0.1, 0.15) is 5.56 Å². The SMILES string of the molecule is COC1(F)C(F)(F)C(F)(F)C1(F)Oc1ccc(-c2ccc(C)cc2)cc1. The van der Waals surface area contributed by atoms with Gasteiger partial charge in [-0.1, -0.05) is 42.0 Å². The molecule has 1 aliphatic rings. The molecule has 2 aromatic carbocycles. The van der Waals surface area contributed by atoms with Crippen LogP contribution < -0.4 is 4.74 Å². The lowest BCUT2D eigenvalue weighted by Crippen LogP contribution is -2.88. The maximum absolute atomic E-state index is 14.4. The molecule has 2 nitrogen and oxygen atoms in total. The van der Waals surface area contributed by atoms with Gasteiger partial charge in [0, 0.05) is 7.11 Å². The Labute approximate surface area is 145 Å². The van der Waals surface area contributed by atoms with E-state index in [2.05, 4.69) is 9.47 Å². The van der Waals surface area contributed by atoms with Crippen molar-refractivity contribution >= 4 is 0 Å². The van der Waals surface area contributed by atoms with Gasteiger partial charge in [0.15, 0.2) is 0 Å². The van der Waals surface area contributed by atoms with Crippen molar-refractivity contribution in [1.29, 1.82) is 0 Å². The predicted molar refractivity (Wildman–Crippen MR) is 81.8 cm³/mol. The average molecular weight is 376 g/mol. The molecule has 2 atom stereocenters. The number of alkyl halides is 6. The fraction of sp³-hybridized carbons (Fsp3) is 0.333. The van der Waals surface area contributed by atoms with E-state index in [-0.39, 0.29) is 0 Å². The quantitative estimate of drug-likeness (QED) is 0.674. The zero-order valence-corrected chi connectivity index (χ0v) is 13.7. The first-order valence-electron chi connectivity index (χ1n) is 7.55. The minimum absolute atomic E-state index is 0.362. The predicted octanol–water partition coefficient (Wildman–Crippen LogP) is 5.30. The Balaban J connectivity index is 1.88. The van der Waals surface area contributed by atoms with E-state index in [1.165, 1.54) is 12.1 Å². The third-order valence-corrected chi connectivity index (χ3v) is 4.39. The van der Waals surface area contributed by atoms with Gasteiger partial charge in [0.1, 0.15) is 5.75 Å². The first-order chi connectivity index (χ1) is 12.0. The molecule has 0 radical (unpaired) electrons. The van der Waals surface area contributed by atoms with Gasteiger partial charge in [-0.05, 0) is 30.2 Å². The van der Waals surface area contributed by atoms with Gasteiger partial charge >= 0.3 is 23.6 Å². The monoisotopic (exact) mass is 376 g/mol. The lowest BCUT2D eigenvalue weighted by Gasteiger charge is -2.55. The molecule has 2 unspecified atom stereocenters. The average Bonchev–Trinajstić information content (AvgIpc) is 2.61. The van der Waals surface area contributed by atoms with Crippen molar-refractivity contribution in [2.45, 2.75) is 30.5 Å². The van der Waals surface area contributed by atoms with Crippen LogP contribution in [0.15, 0.2) is 48.5 Å². The molecule has 8 heteroatoms. The van der Waals surface area contributed by atoms with Gasteiger partial charge in [0.2, 0.25) is 0 Å². The van der Waals surface area contributed by atoms with Crippen LogP contribution in [0.3, 0.4) is 0 Å². The Morgan fingerprint density at radius 3 is 1.54 bits per heavy atom. The molecule has 0 bridgehead atoms. The smallest absolute Gasteiger partial charge is 0.390 e. The number of ether oxygens (including phenoxy) is 2.